The van der Waals surface area contributed by atoms with Gasteiger partial charge in [-0.05, 0) is 54.8 Å². The number of anilines is 1. The number of benzene rings is 2. The van der Waals surface area contributed by atoms with Crippen molar-refractivity contribution >= 4 is 17.5 Å². The number of amides is 2. The fourth-order valence-corrected chi connectivity index (χ4v) is 2.81. The molecule has 0 unspecified atom stereocenters. The Balaban J connectivity index is 1.96. The average Bonchev–Trinajstić information content (AvgIpc) is 2.69. The maximum absolute atomic E-state index is 12.9. The summed E-state index contributed by atoms with van der Waals surface area (Å²) in [6.45, 7) is 4.49. The minimum Gasteiger partial charge on any atom is -0.348 e. The highest BCUT2D eigenvalue weighted by Gasteiger charge is 2.33. The van der Waals surface area contributed by atoms with Gasteiger partial charge in [-0.3, -0.25) is 9.59 Å². The fraction of sp³-hybridized carbons (Fsp3) is 0.333. The SMILES string of the molecule is CCC(CC)(CN)C(=O)Nc1ccc(C(=O)NCc2ccc(F)cc2)cc1. The molecule has 0 heterocycles. The third kappa shape index (κ3) is 5.14. The number of rotatable bonds is 8. The van der Waals surface area contributed by atoms with Gasteiger partial charge in [0, 0.05) is 24.3 Å². The van der Waals surface area contributed by atoms with Crippen LogP contribution in [0.5, 0.6) is 0 Å². The molecule has 0 saturated carbocycles. The van der Waals surface area contributed by atoms with Crippen LogP contribution in [0.2, 0.25) is 0 Å². The lowest BCUT2D eigenvalue weighted by atomic mass is 9.81. The van der Waals surface area contributed by atoms with Crippen LogP contribution in [0.15, 0.2) is 48.5 Å². The molecule has 2 aromatic carbocycles. The second-order valence-electron chi connectivity index (χ2n) is 6.53. The van der Waals surface area contributed by atoms with E-state index < -0.39 is 5.41 Å². The second kappa shape index (κ2) is 9.28. The first kappa shape index (κ1) is 20.6. The average molecular weight is 371 g/mol. The third-order valence-corrected chi connectivity index (χ3v) is 5.00. The number of nitrogens with one attached hydrogen (secondary N) is 2. The number of hydrogen-bond donors (Lipinski definition) is 3. The first-order chi connectivity index (χ1) is 12.9. The summed E-state index contributed by atoms with van der Waals surface area (Å²) in [4.78, 5) is 24.8. The van der Waals surface area contributed by atoms with Crippen LogP contribution >= 0.6 is 0 Å². The molecule has 0 aromatic heterocycles. The van der Waals surface area contributed by atoms with Crippen LogP contribution in [-0.4, -0.2) is 18.4 Å². The van der Waals surface area contributed by atoms with E-state index in [4.69, 9.17) is 5.73 Å². The summed E-state index contributed by atoms with van der Waals surface area (Å²) >= 11 is 0. The smallest absolute Gasteiger partial charge is 0.251 e. The molecule has 0 spiro atoms. The fourth-order valence-electron chi connectivity index (χ4n) is 2.81. The van der Waals surface area contributed by atoms with Crippen LogP contribution < -0.4 is 16.4 Å². The summed E-state index contributed by atoms with van der Waals surface area (Å²) in [5.74, 6) is -0.661. The second-order valence-corrected chi connectivity index (χ2v) is 6.53. The number of nitrogens with two attached hydrogens (primary N) is 1. The summed E-state index contributed by atoms with van der Waals surface area (Å²) in [5.41, 5.74) is 7.13. The Kier molecular flexibility index (Phi) is 7.07. The number of carbonyl (C=O) groups is 2. The van der Waals surface area contributed by atoms with E-state index in [1.807, 2.05) is 13.8 Å². The Hall–Kier alpha value is -2.73. The van der Waals surface area contributed by atoms with Gasteiger partial charge in [-0.25, -0.2) is 4.39 Å². The predicted octanol–water partition coefficient (Wildman–Crippen LogP) is 3.46. The summed E-state index contributed by atoms with van der Waals surface area (Å²) in [6.07, 6.45) is 1.32. The van der Waals surface area contributed by atoms with E-state index in [0.717, 1.165) is 5.56 Å². The first-order valence-corrected chi connectivity index (χ1v) is 9.08. The normalized spacial score (nSPS) is 11.1. The monoisotopic (exact) mass is 371 g/mol. The lowest BCUT2D eigenvalue weighted by Gasteiger charge is -2.28. The van der Waals surface area contributed by atoms with Crippen molar-refractivity contribution < 1.29 is 14.0 Å². The molecule has 2 rings (SSSR count). The molecule has 27 heavy (non-hydrogen) atoms. The Labute approximate surface area is 159 Å². The Bertz CT molecular complexity index is 761. The molecule has 2 amide bonds. The minimum atomic E-state index is -0.578. The molecule has 0 aliphatic rings. The van der Waals surface area contributed by atoms with Crippen LogP contribution in [-0.2, 0) is 11.3 Å². The van der Waals surface area contributed by atoms with Gasteiger partial charge >= 0.3 is 0 Å². The lowest BCUT2D eigenvalue weighted by molar-refractivity contribution is -0.125. The summed E-state index contributed by atoms with van der Waals surface area (Å²) < 4.78 is 12.9. The van der Waals surface area contributed by atoms with Gasteiger partial charge in [-0.1, -0.05) is 26.0 Å². The van der Waals surface area contributed by atoms with Crippen molar-refractivity contribution in [3.63, 3.8) is 0 Å². The highest BCUT2D eigenvalue weighted by atomic mass is 19.1. The number of carbonyl (C=O) groups excluding carboxylic acids is 2. The van der Waals surface area contributed by atoms with Crippen molar-refractivity contribution in [1.29, 1.82) is 0 Å². The molecule has 4 N–H and O–H groups in total. The van der Waals surface area contributed by atoms with Gasteiger partial charge in [0.25, 0.3) is 5.91 Å². The molecule has 2 aromatic rings. The molecular formula is C21H26FN3O2. The first-order valence-electron chi connectivity index (χ1n) is 9.08. The Morgan fingerprint density at radius 1 is 1.00 bits per heavy atom. The standard InChI is InChI=1S/C21H26FN3O2/c1-3-21(4-2,14-23)20(27)25-18-11-7-16(8-12-18)19(26)24-13-15-5-9-17(22)10-6-15/h5-12H,3-4,13-14,23H2,1-2H3,(H,24,26)(H,25,27). The van der Waals surface area contributed by atoms with E-state index >= 15 is 0 Å². The molecule has 0 aliphatic heterocycles. The molecule has 0 bridgehead atoms. The maximum Gasteiger partial charge on any atom is 0.251 e. The van der Waals surface area contributed by atoms with E-state index in [1.165, 1.54) is 12.1 Å². The molecular weight excluding hydrogens is 345 g/mol. The van der Waals surface area contributed by atoms with Crippen molar-refractivity contribution in [1.82, 2.24) is 5.32 Å². The van der Waals surface area contributed by atoms with Crippen molar-refractivity contribution in [3.8, 4) is 0 Å². The number of hydrogen-bond acceptors (Lipinski definition) is 3. The van der Waals surface area contributed by atoms with Crippen LogP contribution in [0.4, 0.5) is 10.1 Å². The zero-order valence-electron chi connectivity index (χ0n) is 15.7. The summed E-state index contributed by atoms with van der Waals surface area (Å²) in [7, 11) is 0. The molecule has 6 heteroatoms. The number of halogens is 1. The van der Waals surface area contributed by atoms with E-state index in [9.17, 15) is 14.0 Å². The van der Waals surface area contributed by atoms with Crippen LogP contribution in [0.3, 0.4) is 0 Å². The van der Waals surface area contributed by atoms with E-state index in [-0.39, 0.29) is 24.2 Å². The zero-order valence-corrected chi connectivity index (χ0v) is 15.7. The van der Waals surface area contributed by atoms with Gasteiger partial charge in [-0.15, -0.1) is 0 Å². The summed E-state index contributed by atoms with van der Waals surface area (Å²) in [6, 6.07) is 12.6. The quantitative estimate of drug-likeness (QED) is 0.664. The lowest BCUT2D eigenvalue weighted by Crippen LogP contribution is -2.41. The van der Waals surface area contributed by atoms with E-state index in [1.54, 1.807) is 36.4 Å². The van der Waals surface area contributed by atoms with Gasteiger partial charge in [0.1, 0.15) is 5.82 Å². The Morgan fingerprint density at radius 2 is 1.59 bits per heavy atom. The minimum absolute atomic E-state index is 0.108. The van der Waals surface area contributed by atoms with Gasteiger partial charge in [0.05, 0.1) is 5.41 Å². The Morgan fingerprint density at radius 3 is 2.11 bits per heavy atom. The van der Waals surface area contributed by atoms with E-state index in [2.05, 4.69) is 10.6 Å². The largest absolute Gasteiger partial charge is 0.348 e. The topological polar surface area (TPSA) is 84.2 Å². The molecule has 0 radical (unpaired) electrons. The molecule has 144 valence electrons. The van der Waals surface area contributed by atoms with Gasteiger partial charge in [0.15, 0.2) is 0 Å². The van der Waals surface area contributed by atoms with Gasteiger partial charge in [0.2, 0.25) is 5.91 Å². The molecule has 5 nitrogen and oxygen atoms in total. The van der Waals surface area contributed by atoms with Crippen molar-refractivity contribution in [3.05, 3.63) is 65.5 Å². The van der Waals surface area contributed by atoms with Crippen molar-refractivity contribution in [2.45, 2.75) is 33.2 Å². The zero-order chi connectivity index (χ0) is 19.9. The third-order valence-electron chi connectivity index (χ3n) is 5.00. The molecule has 0 atom stereocenters. The summed E-state index contributed by atoms with van der Waals surface area (Å²) in [5, 5.41) is 5.66. The molecule has 0 fully saturated rings. The highest BCUT2D eigenvalue weighted by Crippen LogP contribution is 2.27. The predicted molar refractivity (Wildman–Crippen MR) is 105 cm³/mol. The van der Waals surface area contributed by atoms with E-state index in [0.29, 0.717) is 30.6 Å². The maximum atomic E-state index is 12.9. The van der Waals surface area contributed by atoms with Crippen molar-refractivity contribution in [2.24, 2.45) is 11.1 Å². The van der Waals surface area contributed by atoms with Crippen LogP contribution in [0.1, 0.15) is 42.6 Å². The van der Waals surface area contributed by atoms with Crippen LogP contribution in [0.25, 0.3) is 0 Å². The molecule has 0 aliphatic carbocycles. The molecule has 0 saturated heterocycles. The van der Waals surface area contributed by atoms with Crippen LogP contribution in [0, 0.1) is 11.2 Å². The van der Waals surface area contributed by atoms with Crippen molar-refractivity contribution in [2.75, 3.05) is 11.9 Å². The van der Waals surface area contributed by atoms with Gasteiger partial charge in [-0.2, -0.15) is 0 Å². The van der Waals surface area contributed by atoms with Gasteiger partial charge < -0.3 is 16.4 Å². The highest BCUT2D eigenvalue weighted by molar-refractivity contribution is 5.97.